The molecule has 0 unspecified atom stereocenters. The number of fused-ring (bicyclic) bond motifs is 6. The molecule has 0 bridgehead atoms. The normalized spacial score (nSPS) is 19.1. The molecular weight excluding hydrogens is 669 g/mol. The largest absolute Gasteiger partial charge is 0.457 e. The maximum Gasteiger partial charge on any atom is 0.210 e. The van der Waals surface area contributed by atoms with Crippen LogP contribution in [0.1, 0.15) is 97.6 Å². The van der Waals surface area contributed by atoms with Crippen molar-refractivity contribution in [2.24, 2.45) is 0 Å². The Balaban J connectivity index is 1.24. The number of rotatable bonds is 11. The van der Waals surface area contributed by atoms with E-state index in [0.717, 1.165) is 69.5 Å². The van der Waals surface area contributed by atoms with E-state index >= 15 is 0 Å². The average Bonchev–Trinajstić information content (AvgIpc) is 3.56. The van der Waals surface area contributed by atoms with Crippen LogP contribution in [0.5, 0.6) is 5.75 Å². The summed E-state index contributed by atoms with van der Waals surface area (Å²) >= 11 is 0. The van der Waals surface area contributed by atoms with Crippen molar-refractivity contribution in [2.75, 3.05) is 18.0 Å². The molecule has 3 nitrogen and oxygen atoms in total. The zero-order valence-corrected chi connectivity index (χ0v) is 33.8. The zero-order chi connectivity index (χ0) is 38.2. The van der Waals surface area contributed by atoms with Crippen LogP contribution >= 0.6 is 0 Å². The smallest absolute Gasteiger partial charge is 0.210 e. The van der Waals surface area contributed by atoms with E-state index in [1.165, 1.54) is 66.6 Å². The third-order valence-electron chi connectivity index (χ3n) is 12.3. The monoisotopic (exact) mass is 725 g/mol. The summed E-state index contributed by atoms with van der Waals surface area (Å²) in [4.78, 5) is 2.60. The second-order valence-corrected chi connectivity index (χ2v) is 16.7. The fraction of sp³-hybridized carbons (Fsp3) is 0.327. The quantitative estimate of drug-likeness (QED) is 0.126. The van der Waals surface area contributed by atoms with Crippen LogP contribution in [0.25, 0.3) is 21.5 Å². The van der Waals surface area contributed by atoms with Gasteiger partial charge in [0.15, 0.2) is 5.71 Å². The summed E-state index contributed by atoms with van der Waals surface area (Å²) in [6.07, 6.45) is 17.3. The summed E-state index contributed by atoms with van der Waals surface area (Å²) in [5, 5.41) is 5.33. The van der Waals surface area contributed by atoms with Crippen molar-refractivity contribution in [1.29, 1.82) is 0 Å². The molecule has 0 aromatic heterocycles. The molecule has 0 saturated heterocycles. The van der Waals surface area contributed by atoms with Gasteiger partial charge in [0.05, 0.1) is 5.41 Å². The van der Waals surface area contributed by atoms with E-state index in [0.29, 0.717) is 0 Å². The number of para-hydroxylation sites is 1. The first kappa shape index (κ1) is 36.8. The minimum Gasteiger partial charge on any atom is -0.457 e. The molecule has 0 saturated carbocycles. The molecule has 0 spiro atoms. The van der Waals surface area contributed by atoms with Crippen LogP contribution in [0.4, 0.5) is 11.4 Å². The highest BCUT2D eigenvalue weighted by Gasteiger charge is 2.45. The number of hydrogen-bond donors (Lipinski definition) is 0. The molecule has 0 fully saturated rings. The van der Waals surface area contributed by atoms with Gasteiger partial charge in [-0.1, -0.05) is 119 Å². The van der Waals surface area contributed by atoms with E-state index in [4.69, 9.17) is 4.74 Å². The van der Waals surface area contributed by atoms with Gasteiger partial charge in [0.25, 0.3) is 0 Å². The lowest BCUT2D eigenvalue weighted by molar-refractivity contribution is -0.438. The van der Waals surface area contributed by atoms with E-state index in [1.807, 2.05) is 0 Å². The molecule has 5 aromatic carbocycles. The summed E-state index contributed by atoms with van der Waals surface area (Å²) in [7, 11) is 0. The van der Waals surface area contributed by atoms with E-state index in [2.05, 4.69) is 178 Å². The van der Waals surface area contributed by atoms with E-state index in [-0.39, 0.29) is 10.8 Å². The van der Waals surface area contributed by atoms with Gasteiger partial charge in [-0.05, 0) is 114 Å². The Kier molecular flexibility index (Phi) is 10.2. The first-order valence-corrected chi connectivity index (χ1v) is 20.8. The van der Waals surface area contributed by atoms with Crippen LogP contribution in [0.3, 0.4) is 0 Å². The number of benzene rings is 5. The number of nitrogens with zero attached hydrogens (tertiary/aromatic N) is 2. The minimum atomic E-state index is -0.144. The lowest BCUT2D eigenvalue weighted by Gasteiger charge is -2.27. The maximum absolute atomic E-state index is 6.93. The Morgan fingerprint density at radius 1 is 0.673 bits per heavy atom. The Morgan fingerprint density at radius 2 is 1.35 bits per heavy atom. The number of unbranched alkanes of at least 4 members (excludes halogenated alkanes) is 2. The lowest BCUT2D eigenvalue weighted by atomic mass is 9.78. The highest BCUT2D eigenvalue weighted by molar-refractivity contribution is 6.07. The Hall–Kier alpha value is -5.15. The van der Waals surface area contributed by atoms with Gasteiger partial charge < -0.3 is 9.64 Å². The van der Waals surface area contributed by atoms with Crippen molar-refractivity contribution in [3.8, 4) is 5.75 Å². The topological polar surface area (TPSA) is 15.5 Å². The van der Waals surface area contributed by atoms with Crippen molar-refractivity contribution in [2.45, 2.75) is 97.3 Å². The van der Waals surface area contributed by atoms with Gasteiger partial charge in [0, 0.05) is 47.5 Å². The summed E-state index contributed by atoms with van der Waals surface area (Å²) in [6, 6.07) is 37.4. The molecule has 8 rings (SSSR count). The molecule has 0 atom stereocenters. The van der Waals surface area contributed by atoms with Crippen LogP contribution < -0.4 is 9.64 Å². The van der Waals surface area contributed by atoms with Gasteiger partial charge in [-0.15, -0.1) is 0 Å². The second-order valence-electron chi connectivity index (χ2n) is 16.7. The Labute approximate surface area is 329 Å². The Bertz CT molecular complexity index is 2400. The summed E-state index contributed by atoms with van der Waals surface area (Å²) in [5.41, 5.74) is 10.5. The van der Waals surface area contributed by atoms with Crippen molar-refractivity contribution in [3.63, 3.8) is 0 Å². The summed E-state index contributed by atoms with van der Waals surface area (Å²) in [6.45, 7) is 16.2. The van der Waals surface area contributed by atoms with Crippen LogP contribution in [-0.4, -0.2) is 23.4 Å². The molecule has 3 aliphatic rings. The predicted octanol–water partition coefficient (Wildman–Crippen LogP) is 13.7. The van der Waals surface area contributed by atoms with Gasteiger partial charge in [0.2, 0.25) is 5.69 Å². The third kappa shape index (κ3) is 6.66. The maximum atomic E-state index is 6.93. The van der Waals surface area contributed by atoms with E-state index < -0.39 is 0 Å². The number of anilines is 1. The van der Waals surface area contributed by atoms with Crippen molar-refractivity contribution in [3.05, 3.63) is 161 Å². The molecule has 2 heterocycles. The molecule has 0 N–H and O–H groups in total. The van der Waals surface area contributed by atoms with Gasteiger partial charge >= 0.3 is 0 Å². The molecule has 1 aliphatic carbocycles. The van der Waals surface area contributed by atoms with E-state index in [1.54, 1.807) is 0 Å². The van der Waals surface area contributed by atoms with Gasteiger partial charge in [0.1, 0.15) is 18.1 Å². The molecule has 3 heteroatoms. The summed E-state index contributed by atoms with van der Waals surface area (Å²) < 4.78 is 9.53. The van der Waals surface area contributed by atoms with Crippen LogP contribution in [0.15, 0.2) is 150 Å². The summed E-state index contributed by atoms with van der Waals surface area (Å²) in [5.74, 6) is 1.88. The van der Waals surface area contributed by atoms with E-state index in [9.17, 15) is 0 Å². The molecule has 280 valence electrons. The van der Waals surface area contributed by atoms with Crippen LogP contribution in [0.2, 0.25) is 0 Å². The SMILES string of the molecule is CCCCN1/C(=C/C=C2\CCCC(/C=C/C3=[N+](CCCC)c4ccc5ccccc5c4C3(C)C)=C2Oc2ccccc2)C(C)(C)c2c1ccc1ccccc21. The average molecular weight is 726 g/mol. The van der Waals surface area contributed by atoms with Crippen molar-refractivity contribution < 1.29 is 9.31 Å². The Morgan fingerprint density at radius 3 is 2.07 bits per heavy atom. The molecule has 0 radical (unpaired) electrons. The van der Waals surface area contributed by atoms with Crippen molar-refractivity contribution >= 4 is 38.6 Å². The first-order chi connectivity index (χ1) is 26.7. The predicted molar refractivity (Wildman–Crippen MR) is 234 cm³/mol. The van der Waals surface area contributed by atoms with Gasteiger partial charge in [-0.3, -0.25) is 0 Å². The van der Waals surface area contributed by atoms with Crippen LogP contribution in [0, 0.1) is 0 Å². The molecule has 0 amide bonds. The van der Waals surface area contributed by atoms with Gasteiger partial charge in [-0.25, -0.2) is 0 Å². The molecule has 55 heavy (non-hydrogen) atoms. The highest BCUT2D eigenvalue weighted by atomic mass is 16.5. The third-order valence-corrected chi connectivity index (χ3v) is 12.3. The minimum absolute atomic E-state index is 0.144. The van der Waals surface area contributed by atoms with Gasteiger partial charge in [-0.2, -0.15) is 4.58 Å². The second kappa shape index (κ2) is 15.2. The highest BCUT2D eigenvalue weighted by Crippen LogP contribution is 2.51. The molecule has 2 aliphatic heterocycles. The zero-order valence-electron chi connectivity index (χ0n) is 33.8. The molecule has 5 aromatic rings. The number of ether oxygens (including phenoxy) is 1. The number of hydrogen-bond acceptors (Lipinski definition) is 2. The van der Waals surface area contributed by atoms with Crippen LogP contribution in [-0.2, 0) is 10.8 Å². The fourth-order valence-electron chi connectivity index (χ4n) is 9.50. The fourth-order valence-corrected chi connectivity index (χ4v) is 9.50. The standard InChI is InChI=1S/C52H57N2O/c1-7-9-35-53-44-31-27-37-19-14-16-25-42(37)48(44)51(3,4)46(53)33-29-39-21-18-22-40(50(39)55-41-23-12-11-13-24-41)30-34-47-52(5,6)49-43-26-17-15-20-38(43)28-32-45(49)54(47)36-10-8-2/h11-17,19-20,23-34H,7-10,18,21-22,35-36H2,1-6H3/q+1. The van der Waals surface area contributed by atoms with Crippen molar-refractivity contribution in [1.82, 2.24) is 0 Å². The molecular formula is C52H57N2O+. The number of allylic oxidation sites excluding steroid dienone is 7. The lowest BCUT2D eigenvalue weighted by Crippen LogP contribution is -2.28. The first-order valence-electron chi connectivity index (χ1n) is 20.8.